The van der Waals surface area contributed by atoms with Gasteiger partial charge in [-0.2, -0.15) is 0 Å². The maximum atomic E-state index is 5.30. The van der Waals surface area contributed by atoms with Crippen LogP contribution in [0.1, 0.15) is 13.3 Å². The molecule has 1 aliphatic heterocycles. The van der Waals surface area contributed by atoms with Crippen LogP contribution in [0, 0.1) is 0 Å². The molecular weight excluding hydrogens is 380 g/mol. The second-order valence-electron chi connectivity index (χ2n) is 4.01. The van der Waals surface area contributed by atoms with Gasteiger partial charge in [0.15, 0.2) is 5.17 Å². The van der Waals surface area contributed by atoms with E-state index in [-0.39, 0.29) is 0 Å². The normalized spacial score (nSPS) is 19.3. The fourth-order valence-electron chi connectivity index (χ4n) is 1.59. The van der Waals surface area contributed by atoms with Crippen LogP contribution < -0.4 is 10.1 Å². The Kier molecular flexibility index (Phi) is 4.98. The van der Waals surface area contributed by atoms with Crippen LogP contribution in [0.25, 0.3) is 0 Å². The zero-order valence-corrected chi connectivity index (χ0v) is 14.2. The number of nitrogens with zero attached hydrogens (tertiary/aromatic N) is 1. The molecule has 0 aliphatic carbocycles. The highest BCUT2D eigenvalue weighted by Crippen LogP contribution is 2.35. The Labute approximate surface area is 128 Å². The molecule has 1 aliphatic rings. The summed E-state index contributed by atoms with van der Waals surface area (Å²) in [5, 5.41) is 4.32. The molecule has 1 unspecified atom stereocenters. The second-order valence-corrected chi connectivity index (χ2v) is 6.80. The minimum absolute atomic E-state index is 0.393. The molecule has 0 aromatic heterocycles. The molecule has 0 radical (unpaired) electrons. The van der Waals surface area contributed by atoms with Crippen LogP contribution in [0.2, 0.25) is 0 Å². The van der Waals surface area contributed by atoms with Crippen LogP contribution >= 0.6 is 43.6 Å². The number of rotatable bonds is 2. The molecule has 1 atom stereocenters. The van der Waals surface area contributed by atoms with Gasteiger partial charge in [0, 0.05) is 16.3 Å². The Balaban J connectivity index is 2.23. The van der Waals surface area contributed by atoms with Gasteiger partial charge in [-0.3, -0.25) is 4.99 Å². The van der Waals surface area contributed by atoms with Gasteiger partial charge in [-0.05, 0) is 51.3 Å². The van der Waals surface area contributed by atoms with E-state index in [0.717, 1.165) is 37.7 Å². The van der Waals surface area contributed by atoms with Gasteiger partial charge < -0.3 is 10.1 Å². The maximum Gasteiger partial charge on any atom is 0.161 e. The van der Waals surface area contributed by atoms with Crippen LogP contribution in [0.3, 0.4) is 0 Å². The first-order valence-electron chi connectivity index (χ1n) is 5.61. The van der Waals surface area contributed by atoms with Gasteiger partial charge in [-0.1, -0.05) is 11.8 Å². The number of nitrogens with one attached hydrogen (secondary N) is 1. The molecule has 0 saturated heterocycles. The molecule has 0 saturated carbocycles. The van der Waals surface area contributed by atoms with E-state index in [9.17, 15) is 0 Å². The molecule has 1 N–H and O–H groups in total. The third kappa shape index (κ3) is 3.42. The molecule has 6 heteroatoms. The number of thioether (sulfide) groups is 1. The largest absolute Gasteiger partial charge is 0.495 e. The van der Waals surface area contributed by atoms with E-state index < -0.39 is 0 Å². The first kappa shape index (κ1) is 14.2. The van der Waals surface area contributed by atoms with Crippen molar-refractivity contribution in [2.75, 3.05) is 18.2 Å². The van der Waals surface area contributed by atoms with Gasteiger partial charge in [-0.25, -0.2) is 0 Å². The van der Waals surface area contributed by atoms with Crippen LogP contribution in [0.15, 0.2) is 26.1 Å². The van der Waals surface area contributed by atoms with Gasteiger partial charge in [-0.15, -0.1) is 0 Å². The summed E-state index contributed by atoms with van der Waals surface area (Å²) in [5.74, 6) is 1.91. The highest BCUT2D eigenvalue weighted by molar-refractivity contribution is 9.11. The fourth-order valence-corrected chi connectivity index (χ4v) is 3.94. The van der Waals surface area contributed by atoms with E-state index in [1.165, 1.54) is 0 Å². The lowest BCUT2D eigenvalue weighted by Gasteiger charge is -2.19. The number of benzene rings is 1. The van der Waals surface area contributed by atoms with Crippen LogP contribution in [0.4, 0.5) is 5.69 Å². The molecular formula is C12H14Br2N2OS. The maximum absolute atomic E-state index is 5.30. The first-order chi connectivity index (χ1) is 8.60. The third-order valence-corrected chi connectivity index (χ3v) is 4.79. The SMILES string of the molecule is COc1cc(NC2=NC(C)CCS2)c(Br)cc1Br. The quantitative estimate of drug-likeness (QED) is 0.802. The lowest BCUT2D eigenvalue weighted by molar-refractivity contribution is 0.412. The molecule has 2 rings (SSSR count). The van der Waals surface area contributed by atoms with E-state index in [2.05, 4.69) is 49.1 Å². The van der Waals surface area contributed by atoms with Crippen molar-refractivity contribution < 1.29 is 4.74 Å². The van der Waals surface area contributed by atoms with E-state index in [1.54, 1.807) is 18.9 Å². The van der Waals surface area contributed by atoms with Crippen LogP contribution in [0.5, 0.6) is 5.75 Å². The van der Waals surface area contributed by atoms with Crippen molar-refractivity contribution in [1.29, 1.82) is 0 Å². The number of hydrogen-bond donors (Lipinski definition) is 1. The number of ether oxygens (including phenoxy) is 1. The molecule has 3 nitrogen and oxygen atoms in total. The van der Waals surface area contributed by atoms with Gasteiger partial charge in [0.05, 0.1) is 23.3 Å². The second kappa shape index (κ2) is 6.30. The number of aliphatic imine (C=N–C) groups is 1. The molecule has 1 aromatic carbocycles. The monoisotopic (exact) mass is 392 g/mol. The summed E-state index contributed by atoms with van der Waals surface area (Å²) < 4.78 is 7.20. The van der Waals surface area contributed by atoms with E-state index in [1.807, 2.05) is 12.1 Å². The Morgan fingerprint density at radius 1 is 1.39 bits per heavy atom. The van der Waals surface area contributed by atoms with E-state index >= 15 is 0 Å². The Morgan fingerprint density at radius 2 is 2.17 bits per heavy atom. The number of hydrogen-bond acceptors (Lipinski definition) is 4. The Bertz CT molecular complexity index is 479. The first-order valence-corrected chi connectivity index (χ1v) is 8.18. The summed E-state index contributed by atoms with van der Waals surface area (Å²) in [6.45, 7) is 2.14. The summed E-state index contributed by atoms with van der Waals surface area (Å²) in [5.41, 5.74) is 0.968. The van der Waals surface area contributed by atoms with Crippen LogP contribution in [-0.4, -0.2) is 24.1 Å². The van der Waals surface area contributed by atoms with Crippen LogP contribution in [-0.2, 0) is 0 Å². The average molecular weight is 394 g/mol. The molecule has 0 bridgehead atoms. The van der Waals surface area contributed by atoms with Crippen molar-refractivity contribution in [3.63, 3.8) is 0 Å². The van der Waals surface area contributed by atoms with Crippen molar-refractivity contribution in [1.82, 2.24) is 0 Å². The molecule has 0 spiro atoms. The molecule has 0 amide bonds. The number of methoxy groups -OCH3 is 1. The lowest BCUT2D eigenvalue weighted by atomic mass is 10.3. The minimum Gasteiger partial charge on any atom is -0.495 e. The standard InChI is InChI=1S/C12H14Br2N2OS/c1-7-3-4-18-12(15-7)16-10-6-11(17-2)9(14)5-8(10)13/h5-7H,3-4H2,1-2H3,(H,15,16). The molecule has 18 heavy (non-hydrogen) atoms. The van der Waals surface area contributed by atoms with Gasteiger partial charge in [0.25, 0.3) is 0 Å². The van der Waals surface area contributed by atoms with Gasteiger partial charge in [0.2, 0.25) is 0 Å². The zero-order valence-electron chi connectivity index (χ0n) is 10.2. The number of anilines is 1. The summed E-state index contributed by atoms with van der Waals surface area (Å²) in [6, 6.07) is 4.32. The average Bonchev–Trinajstić information content (AvgIpc) is 2.33. The van der Waals surface area contributed by atoms with Crippen molar-refractivity contribution >= 4 is 54.5 Å². The minimum atomic E-state index is 0.393. The summed E-state index contributed by atoms with van der Waals surface area (Å²) >= 11 is 8.75. The smallest absolute Gasteiger partial charge is 0.161 e. The van der Waals surface area contributed by atoms with Crippen molar-refractivity contribution in [2.45, 2.75) is 19.4 Å². The summed E-state index contributed by atoms with van der Waals surface area (Å²) in [7, 11) is 1.66. The van der Waals surface area contributed by atoms with Crippen molar-refractivity contribution in [2.24, 2.45) is 4.99 Å². The third-order valence-electron chi connectivity index (χ3n) is 2.60. The fraction of sp³-hybridized carbons (Fsp3) is 0.417. The molecule has 1 heterocycles. The molecule has 0 fully saturated rings. The zero-order chi connectivity index (χ0) is 13.1. The van der Waals surface area contributed by atoms with E-state index in [0.29, 0.717) is 6.04 Å². The summed E-state index contributed by atoms with van der Waals surface area (Å²) in [6.07, 6.45) is 1.14. The van der Waals surface area contributed by atoms with E-state index in [4.69, 9.17) is 4.74 Å². The lowest BCUT2D eigenvalue weighted by Crippen LogP contribution is -2.18. The van der Waals surface area contributed by atoms with Gasteiger partial charge >= 0.3 is 0 Å². The van der Waals surface area contributed by atoms with Crippen molar-refractivity contribution in [3.05, 3.63) is 21.1 Å². The Morgan fingerprint density at radius 3 is 2.83 bits per heavy atom. The van der Waals surface area contributed by atoms with Gasteiger partial charge in [0.1, 0.15) is 5.75 Å². The topological polar surface area (TPSA) is 33.6 Å². The highest BCUT2D eigenvalue weighted by atomic mass is 79.9. The number of amidine groups is 1. The molecule has 98 valence electrons. The predicted molar refractivity (Wildman–Crippen MR) is 86.0 cm³/mol. The Hall–Kier alpha value is -0.200. The number of halogens is 2. The molecule has 1 aromatic rings. The summed E-state index contributed by atoms with van der Waals surface area (Å²) in [4.78, 5) is 4.59. The predicted octanol–water partition coefficient (Wildman–Crippen LogP) is 4.51. The highest BCUT2D eigenvalue weighted by Gasteiger charge is 2.14. The van der Waals surface area contributed by atoms with Crippen molar-refractivity contribution in [3.8, 4) is 5.75 Å².